The van der Waals surface area contributed by atoms with Gasteiger partial charge in [0, 0.05) is 44.1 Å². The second-order valence-corrected chi connectivity index (χ2v) is 8.06. The van der Waals surface area contributed by atoms with Crippen LogP contribution in [0.3, 0.4) is 0 Å². The fourth-order valence-corrected chi connectivity index (χ4v) is 3.80. The Morgan fingerprint density at radius 2 is 1.73 bits per heavy atom. The summed E-state index contributed by atoms with van der Waals surface area (Å²) < 4.78 is 5.20. The molecule has 0 radical (unpaired) electrons. The molecule has 1 saturated heterocycles. The van der Waals surface area contributed by atoms with Crippen LogP contribution in [0.15, 0.2) is 42.5 Å². The van der Waals surface area contributed by atoms with Gasteiger partial charge >= 0.3 is 11.8 Å². The Morgan fingerprint density at radius 3 is 2.36 bits per heavy atom. The van der Waals surface area contributed by atoms with Gasteiger partial charge in [-0.2, -0.15) is 0 Å². The molecule has 0 aromatic heterocycles. The van der Waals surface area contributed by atoms with E-state index in [4.69, 9.17) is 22.1 Å². The molecular weight excluding hydrogens is 446 g/mol. The molecule has 1 fully saturated rings. The first-order valence-corrected chi connectivity index (χ1v) is 11.0. The molecule has 33 heavy (non-hydrogen) atoms. The molecule has 2 aromatic rings. The Balaban J connectivity index is 1.35. The van der Waals surface area contributed by atoms with E-state index in [0.717, 1.165) is 44.9 Å². The van der Waals surface area contributed by atoms with Crippen molar-refractivity contribution in [1.29, 1.82) is 0 Å². The molecule has 0 unspecified atom stereocenters. The van der Waals surface area contributed by atoms with Crippen LogP contribution >= 0.6 is 11.6 Å². The zero-order chi connectivity index (χ0) is 23.8. The number of carbonyl (C=O) groups excluding carboxylic acids is 3. The number of piperazine rings is 1. The average Bonchev–Trinajstić information content (AvgIpc) is 2.83. The maximum Gasteiger partial charge on any atom is 0.313 e. The van der Waals surface area contributed by atoms with E-state index in [1.54, 1.807) is 7.11 Å². The van der Waals surface area contributed by atoms with Gasteiger partial charge in [0.15, 0.2) is 0 Å². The highest BCUT2D eigenvalue weighted by atomic mass is 35.5. The first-order chi connectivity index (χ1) is 15.9. The predicted molar refractivity (Wildman–Crippen MR) is 128 cm³/mol. The van der Waals surface area contributed by atoms with Gasteiger partial charge in [0.25, 0.3) is 0 Å². The summed E-state index contributed by atoms with van der Waals surface area (Å²) in [5.41, 5.74) is 6.75. The molecule has 0 bridgehead atoms. The van der Waals surface area contributed by atoms with Crippen molar-refractivity contribution in [3.05, 3.63) is 53.1 Å². The Labute approximate surface area is 197 Å². The van der Waals surface area contributed by atoms with E-state index < -0.39 is 17.7 Å². The van der Waals surface area contributed by atoms with E-state index in [0.29, 0.717) is 6.54 Å². The molecule has 2 aromatic carbocycles. The fourth-order valence-electron chi connectivity index (χ4n) is 3.59. The Bertz CT molecular complexity index is 991. The lowest BCUT2D eigenvalue weighted by Gasteiger charge is -2.36. The maximum atomic E-state index is 12.1. The van der Waals surface area contributed by atoms with E-state index in [-0.39, 0.29) is 16.3 Å². The van der Waals surface area contributed by atoms with Crippen molar-refractivity contribution in [1.82, 2.24) is 10.2 Å². The van der Waals surface area contributed by atoms with E-state index in [1.165, 1.54) is 23.9 Å². The van der Waals surface area contributed by atoms with Gasteiger partial charge in [-0.05, 0) is 55.4 Å². The number of nitrogens with two attached hydrogens (primary N) is 1. The average molecular weight is 474 g/mol. The summed E-state index contributed by atoms with van der Waals surface area (Å²) in [6, 6.07) is 12.3. The first kappa shape index (κ1) is 24.3. The largest absolute Gasteiger partial charge is 0.497 e. The molecule has 0 spiro atoms. The second kappa shape index (κ2) is 11.5. The Hall–Kier alpha value is -3.30. The van der Waals surface area contributed by atoms with Gasteiger partial charge in [0.05, 0.1) is 17.7 Å². The minimum absolute atomic E-state index is 0.0713. The quantitative estimate of drug-likeness (QED) is 0.397. The van der Waals surface area contributed by atoms with Crippen LogP contribution in [0.25, 0.3) is 0 Å². The third-order valence-corrected chi connectivity index (χ3v) is 5.77. The van der Waals surface area contributed by atoms with Gasteiger partial charge in [-0.3, -0.25) is 19.3 Å². The van der Waals surface area contributed by atoms with Crippen molar-refractivity contribution >= 4 is 40.7 Å². The zero-order valence-corrected chi connectivity index (χ0v) is 19.2. The summed E-state index contributed by atoms with van der Waals surface area (Å²) in [4.78, 5) is 40.2. The van der Waals surface area contributed by atoms with Crippen molar-refractivity contribution in [2.24, 2.45) is 5.73 Å². The van der Waals surface area contributed by atoms with Crippen LogP contribution in [0.2, 0.25) is 5.02 Å². The van der Waals surface area contributed by atoms with Crippen LogP contribution in [0.1, 0.15) is 16.8 Å². The zero-order valence-electron chi connectivity index (χ0n) is 18.5. The smallest absolute Gasteiger partial charge is 0.313 e. The van der Waals surface area contributed by atoms with E-state index in [9.17, 15) is 14.4 Å². The third kappa shape index (κ3) is 6.84. The molecule has 1 heterocycles. The van der Waals surface area contributed by atoms with Crippen molar-refractivity contribution in [2.75, 3.05) is 56.6 Å². The van der Waals surface area contributed by atoms with Gasteiger partial charge in [-0.1, -0.05) is 11.6 Å². The highest BCUT2D eigenvalue weighted by Crippen LogP contribution is 2.21. The van der Waals surface area contributed by atoms with Crippen molar-refractivity contribution in [2.45, 2.75) is 6.42 Å². The standard InChI is InChI=1S/C23H28ClN5O4/c1-33-18-6-4-17(5-7-18)29-13-11-28(12-14-29)10-2-9-26-22(31)23(32)27-16-3-8-20(24)19(15-16)21(25)30/h3-8,15H,2,9-14H2,1H3,(H2,25,30)(H,26,31)(H,27,32). The minimum Gasteiger partial charge on any atom is -0.497 e. The lowest BCUT2D eigenvalue weighted by molar-refractivity contribution is -0.136. The summed E-state index contributed by atoms with van der Waals surface area (Å²) in [6.07, 6.45) is 0.730. The number of hydrogen-bond donors (Lipinski definition) is 3. The summed E-state index contributed by atoms with van der Waals surface area (Å²) in [5.74, 6) is -1.43. The van der Waals surface area contributed by atoms with Gasteiger partial charge < -0.3 is 26.0 Å². The summed E-state index contributed by atoms with van der Waals surface area (Å²) in [7, 11) is 1.66. The number of rotatable bonds is 8. The Morgan fingerprint density at radius 1 is 1.03 bits per heavy atom. The van der Waals surface area contributed by atoms with Crippen molar-refractivity contribution < 1.29 is 19.1 Å². The molecule has 1 aliphatic rings. The number of carbonyl (C=O) groups is 3. The maximum absolute atomic E-state index is 12.1. The molecule has 0 atom stereocenters. The van der Waals surface area contributed by atoms with Crippen LogP contribution < -0.4 is 26.0 Å². The van der Waals surface area contributed by atoms with Crippen LogP contribution in [0.5, 0.6) is 5.75 Å². The number of hydrogen-bond acceptors (Lipinski definition) is 6. The molecule has 9 nitrogen and oxygen atoms in total. The fraction of sp³-hybridized carbons (Fsp3) is 0.348. The van der Waals surface area contributed by atoms with Gasteiger partial charge in [0.2, 0.25) is 5.91 Å². The summed E-state index contributed by atoms with van der Waals surface area (Å²) in [6.45, 7) is 4.93. The van der Waals surface area contributed by atoms with Crippen molar-refractivity contribution in [3.63, 3.8) is 0 Å². The number of nitrogens with one attached hydrogen (secondary N) is 2. The summed E-state index contributed by atoms with van der Waals surface area (Å²) in [5, 5.41) is 5.24. The number of methoxy groups -OCH3 is 1. The van der Waals surface area contributed by atoms with E-state index in [1.807, 2.05) is 12.1 Å². The number of nitrogens with zero attached hydrogens (tertiary/aromatic N) is 2. The number of benzene rings is 2. The van der Waals surface area contributed by atoms with Crippen LogP contribution in [0.4, 0.5) is 11.4 Å². The predicted octanol–water partition coefficient (Wildman–Crippen LogP) is 1.71. The number of halogens is 1. The highest BCUT2D eigenvalue weighted by molar-refractivity contribution is 6.39. The van der Waals surface area contributed by atoms with E-state index >= 15 is 0 Å². The molecule has 3 rings (SSSR count). The second-order valence-electron chi connectivity index (χ2n) is 7.65. The molecule has 176 valence electrons. The van der Waals surface area contributed by atoms with Crippen LogP contribution in [-0.4, -0.2) is 69.0 Å². The molecule has 1 aliphatic heterocycles. The van der Waals surface area contributed by atoms with Crippen LogP contribution in [0, 0.1) is 0 Å². The lowest BCUT2D eigenvalue weighted by atomic mass is 10.2. The SMILES string of the molecule is COc1ccc(N2CCN(CCCNC(=O)C(=O)Nc3ccc(Cl)c(C(N)=O)c3)CC2)cc1. The van der Waals surface area contributed by atoms with Crippen LogP contribution in [-0.2, 0) is 9.59 Å². The van der Waals surface area contributed by atoms with Gasteiger partial charge in [-0.25, -0.2) is 0 Å². The number of anilines is 2. The van der Waals surface area contributed by atoms with E-state index in [2.05, 4.69) is 32.6 Å². The highest BCUT2D eigenvalue weighted by Gasteiger charge is 2.18. The molecule has 10 heteroatoms. The molecule has 0 aliphatic carbocycles. The Kier molecular flexibility index (Phi) is 8.51. The molecule has 4 N–H and O–H groups in total. The normalized spacial score (nSPS) is 13.9. The molecule has 3 amide bonds. The number of primary amides is 1. The lowest BCUT2D eigenvalue weighted by Crippen LogP contribution is -2.47. The van der Waals surface area contributed by atoms with Crippen molar-refractivity contribution in [3.8, 4) is 5.75 Å². The first-order valence-electron chi connectivity index (χ1n) is 10.7. The molecule has 0 saturated carbocycles. The number of ether oxygens (including phenoxy) is 1. The third-order valence-electron chi connectivity index (χ3n) is 5.44. The minimum atomic E-state index is -0.819. The van der Waals surface area contributed by atoms with Gasteiger partial charge in [-0.15, -0.1) is 0 Å². The number of amides is 3. The summed E-state index contributed by atoms with van der Waals surface area (Å²) >= 11 is 5.89. The van der Waals surface area contributed by atoms with Gasteiger partial charge in [0.1, 0.15) is 5.75 Å². The molecular formula is C23H28ClN5O4. The topological polar surface area (TPSA) is 117 Å². The monoisotopic (exact) mass is 473 g/mol.